The summed E-state index contributed by atoms with van der Waals surface area (Å²) in [4.78, 5) is 23.7. The number of hydrogen-bond acceptors (Lipinski definition) is 9. The first-order chi connectivity index (χ1) is 16.8. The van der Waals surface area contributed by atoms with Crippen LogP contribution in [0.2, 0.25) is 18.1 Å². The van der Waals surface area contributed by atoms with E-state index < -0.39 is 39.6 Å². The fourth-order valence-corrected chi connectivity index (χ4v) is 6.87. The molecule has 0 bridgehead atoms. The number of anilines is 1. The number of nitrogens with zero attached hydrogens (tertiary/aromatic N) is 4. The van der Waals surface area contributed by atoms with Crippen LogP contribution in [0, 0.1) is 5.82 Å². The Morgan fingerprint density at radius 1 is 1.25 bits per heavy atom. The largest absolute Gasteiger partial charge is 0.407 e. The van der Waals surface area contributed by atoms with Crippen molar-refractivity contribution in [3.05, 3.63) is 36.4 Å². The number of imidazole rings is 1. The van der Waals surface area contributed by atoms with Gasteiger partial charge in [-0.3, -0.25) is 9.09 Å². The van der Waals surface area contributed by atoms with E-state index in [1.54, 1.807) is 16.7 Å². The summed E-state index contributed by atoms with van der Waals surface area (Å²) in [5.74, 6) is 0.279. The Hall–Kier alpha value is -1.83. The maximum Gasteiger partial charge on any atom is 0.325 e. The molecule has 3 N–H and O–H groups in total. The van der Waals surface area contributed by atoms with E-state index >= 15 is 0 Å². The van der Waals surface area contributed by atoms with Crippen molar-refractivity contribution >= 4 is 43.8 Å². The maximum absolute atomic E-state index is 13.7. The molecule has 4 heterocycles. The smallest absolute Gasteiger partial charge is 0.325 e. The van der Waals surface area contributed by atoms with Crippen molar-refractivity contribution in [3.8, 4) is 11.4 Å². The second kappa shape index (κ2) is 8.88. The van der Waals surface area contributed by atoms with Gasteiger partial charge >= 0.3 is 6.72 Å². The molecular formula is C22H29FN5O5PSSi. The summed E-state index contributed by atoms with van der Waals surface area (Å²) >= 11 is 5.16. The fourth-order valence-electron chi connectivity index (χ4n) is 4.14. The minimum Gasteiger partial charge on any atom is -0.407 e. The number of halogens is 1. The molecule has 2 aromatic heterocycles. The molecule has 0 amide bonds. The van der Waals surface area contributed by atoms with Crippen LogP contribution >= 0.6 is 6.72 Å². The molecule has 5 rings (SSSR count). The van der Waals surface area contributed by atoms with Gasteiger partial charge in [0.05, 0.1) is 6.61 Å². The van der Waals surface area contributed by atoms with Crippen molar-refractivity contribution in [2.24, 2.45) is 0 Å². The van der Waals surface area contributed by atoms with E-state index in [0.29, 0.717) is 22.6 Å². The lowest BCUT2D eigenvalue weighted by Crippen LogP contribution is -2.50. The number of rotatable bonds is 4. The average Bonchev–Trinajstić information content (AvgIpc) is 3.32. The molecule has 2 aliphatic heterocycles. The molecule has 194 valence electrons. The quantitative estimate of drug-likeness (QED) is 0.360. The lowest BCUT2D eigenvalue weighted by molar-refractivity contribution is -0.0585. The molecule has 3 unspecified atom stereocenters. The predicted octanol–water partition coefficient (Wildman–Crippen LogP) is 4.13. The molecule has 2 aliphatic rings. The van der Waals surface area contributed by atoms with Gasteiger partial charge in [-0.15, -0.1) is 0 Å². The molecular weight excluding hydrogens is 524 g/mol. The van der Waals surface area contributed by atoms with Gasteiger partial charge in [0.25, 0.3) is 0 Å². The number of hydrogen-bond donors (Lipinski definition) is 2. The summed E-state index contributed by atoms with van der Waals surface area (Å²) in [6, 6.07) is 5.95. The van der Waals surface area contributed by atoms with Gasteiger partial charge in [0, 0.05) is 5.56 Å². The second-order valence-electron chi connectivity index (χ2n) is 10.5. The third kappa shape index (κ3) is 4.52. The molecule has 10 nitrogen and oxygen atoms in total. The van der Waals surface area contributed by atoms with Gasteiger partial charge in [-0.1, -0.05) is 20.8 Å². The van der Waals surface area contributed by atoms with E-state index in [9.17, 15) is 9.28 Å². The van der Waals surface area contributed by atoms with Crippen LogP contribution in [0.1, 0.15) is 27.0 Å². The zero-order valence-electron chi connectivity index (χ0n) is 20.6. The van der Waals surface area contributed by atoms with Gasteiger partial charge in [-0.25, -0.2) is 19.3 Å². The first kappa shape index (κ1) is 25.8. The van der Waals surface area contributed by atoms with Crippen molar-refractivity contribution in [1.29, 1.82) is 0 Å². The number of ether oxygens (including phenoxy) is 1. The first-order valence-electron chi connectivity index (χ1n) is 11.5. The van der Waals surface area contributed by atoms with E-state index in [2.05, 4.69) is 43.8 Å². The highest BCUT2D eigenvalue weighted by molar-refractivity contribution is 8.07. The minimum absolute atomic E-state index is 0.0575. The van der Waals surface area contributed by atoms with E-state index in [0.717, 1.165) is 0 Å². The fraction of sp³-hybridized carbons (Fsp3) is 0.500. The zero-order valence-corrected chi connectivity index (χ0v) is 23.3. The average molecular weight is 554 g/mol. The van der Waals surface area contributed by atoms with E-state index in [4.69, 9.17) is 40.7 Å². The van der Waals surface area contributed by atoms with Crippen LogP contribution in [0.15, 0.2) is 30.6 Å². The molecule has 14 heteroatoms. The second-order valence-corrected chi connectivity index (χ2v) is 18.0. The Balaban J connectivity index is 1.69. The van der Waals surface area contributed by atoms with Crippen LogP contribution in [-0.4, -0.2) is 57.6 Å². The molecule has 0 aliphatic carbocycles. The van der Waals surface area contributed by atoms with Crippen LogP contribution < -0.4 is 5.73 Å². The highest BCUT2D eigenvalue weighted by Crippen LogP contribution is 2.55. The summed E-state index contributed by atoms with van der Waals surface area (Å²) in [6.45, 7) is 7.24. The molecule has 5 atom stereocenters. The molecule has 36 heavy (non-hydrogen) atoms. The topological polar surface area (TPSA) is 127 Å². The number of benzene rings is 1. The van der Waals surface area contributed by atoms with Gasteiger partial charge < -0.3 is 24.3 Å². The van der Waals surface area contributed by atoms with Crippen molar-refractivity contribution in [1.82, 2.24) is 19.5 Å². The molecule has 3 aromatic rings. The normalized spacial score (nSPS) is 29.0. The van der Waals surface area contributed by atoms with Gasteiger partial charge in [0.1, 0.15) is 36.3 Å². The Labute approximate surface area is 214 Å². The van der Waals surface area contributed by atoms with Crippen LogP contribution in [0.5, 0.6) is 0 Å². The number of fused-ring (bicyclic) bond motifs is 2. The zero-order chi connectivity index (χ0) is 26.0. The molecule has 0 saturated carbocycles. The monoisotopic (exact) mass is 553 g/mol. The SMILES string of the molecule is CC(C)(C)[Si](C)(C)O[C@H]1C2OP(O)(=S)OCC2O[C@H]1n1c(-c2ccc(F)cc2)nc2c(N)ncnc21. The third-order valence-electron chi connectivity index (χ3n) is 7.04. The first-order valence-corrected chi connectivity index (χ1v) is 17.0. The van der Waals surface area contributed by atoms with Gasteiger partial charge in [-0.05, 0) is 54.2 Å². The molecule has 1 aromatic carbocycles. The lowest BCUT2D eigenvalue weighted by Gasteiger charge is -2.41. The van der Waals surface area contributed by atoms with E-state index in [1.807, 2.05) is 0 Å². The molecule has 0 radical (unpaired) electrons. The summed E-state index contributed by atoms with van der Waals surface area (Å²) in [5, 5.41) is -0.121. The van der Waals surface area contributed by atoms with Crippen molar-refractivity contribution in [2.75, 3.05) is 12.3 Å². The Kier molecular flexibility index (Phi) is 6.36. The molecule has 2 fully saturated rings. The number of nitrogen functional groups attached to an aromatic ring is 1. The Bertz CT molecular complexity index is 1350. The van der Waals surface area contributed by atoms with E-state index in [1.165, 1.54) is 18.5 Å². The Morgan fingerprint density at radius 3 is 2.61 bits per heavy atom. The standard InChI is InChI=1S/C22H29FN5O5PSSi/c1-22(2,3)36(4,5)33-17-16-14(10-30-34(29,35)32-16)31-21(17)28-19(12-6-8-13(23)9-7-12)27-15-18(24)25-11-26-20(15)28/h6-9,11,14,16-17,21H,10H2,1-5H3,(H,29,35)(H2,24,25,26)/t14?,16?,17-,21+,34?/m0/s1. The van der Waals surface area contributed by atoms with Gasteiger partial charge in [0.15, 0.2) is 31.5 Å². The number of nitrogens with two attached hydrogens (primary N) is 1. The van der Waals surface area contributed by atoms with Crippen LogP contribution in [0.25, 0.3) is 22.6 Å². The van der Waals surface area contributed by atoms with Crippen LogP contribution in [0.4, 0.5) is 10.2 Å². The van der Waals surface area contributed by atoms with E-state index in [-0.39, 0.29) is 23.3 Å². The molecule has 2 saturated heterocycles. The molecule has 0 spiro atoms. The van der Waals surface area contributed by atoms with Crippen molar-refractivity contribution in [3.63, 3.8) is 0 Å². The van der Waals surface area contributed by atoms with Crippen molar-refractivity contribution < 1.29 is 27.5 Å². The van der Waals surface area contributed by atoms with Gasteiger partial charge in [-0.2, -0.15) is 0 Å². The summed E-state index contributed by atoms with van der Waals surface area (Å²) in [6.07, 6.45) is -1.31. The lowest BCUT2D eigenvalue weighted by atomic mass is 10.1. The Morgan fingerprint density at radius 2 is 1.94 bits per heavy atom. The summed E-state index contributed by atoms with van der Waals surface area (Å²) in [7, 11) is -2.37. The van der Waals surface area contributed by atoms with Crippen LogP contribution in [-0.2, 0) is 30.0 Å². The van der Waals surface area contributed by atoms with Crippen molar-refractivity contribution in [2.45, 2.75) is 63.4 Å². The third-order valence-corrected chi connectivity index (χ3v) is 13.1. The summed E-state index contributed by atoms with van der Waals surface area (Å²) < 4.78 is 40.1. The number of aromatic nitrogens is 4. The minimum atomic E-state index is -3.46. The highest BCUT2D eigenvalue weighted by Gasteiger charge is 2.55. The highest BCUT2D eigenvalue weighted by atomic mass is 32.5. The van der Waals surface area contributed by atoms with Crippen LogP contribution in [0.3, 0.4) is 0 Å². The summed E-state index contributed by atoms with van der Waals surface area (Å²) in [5.41, 5.74) is 7.58. The maximum atomic E-state index is 13.7. The van der Waals surface area contributed by atoms with Gasteiger partial charge in [0.2, 0.25) is 0 Å². The predicted molar refractivity (Wildman–Crippen MR) is 138 cm³/mol.